The van der Waals surface area contributed by atoms with Crippen molar-refractivity contribution in [2.24, 2.45) is 112 Å². The molecule has 0 saturated heterocycles. The van der Waals surface area contributed by atoms with Crippen LogP contribution in [0.15, 0.2) is 36.0 Å². The lowest BCUT2D eigenvalue weighted by atomic mass is 9.65. The standard InChI is InChI=1S/3C9H16.C8H14.C8H12.C8H16.C7H14.C7H12.C6H12.C6H10/c1-7-6-8-2-4-9(7)5-3-8;1-7-5-8-3-2-4-9(7)6-8;1-7-5-6-8-3-2-4-9(7)8;2*1-6-4-7-2-3-8(6)5-7;1-8-6-4-2-3-5-7-8;2*1-7-5-3-2-4-6-7;2*1-6-4-2-3-5-6/h3*7-9H,2-6H2,1H3;6-8H,2-5H2,1H3;2-3,6-8H,4-5H2,1H3;8H,2-7H2,1H3;7H,2-6H2,1H3;5H,2-4,6H2,1H3;6H,2-5H2,1H3;2-3,6H,4-5H2,1H3. The van der Waals surface area contributed by atoms with Crippen LogP contribution in [0.3, 0.4) is 0 Å². The number of hydrogen-bond acceptors (Lipinski definition) is 0. The monoisotopic (exact) mass is 1060 g/mol. The second-order valence-corrected chi connectivity index (χ2v) is 31.4. The first-order valence-corrected chi connectivity index (χ1v) is 36.3. The van der Waals surface area contributed by atoms with E-state index < -0.39 is 0 Å². The molecule has 77 heavy (non-hydrogen) atoms. The van der Waals surface area contributed by atoms with E-state index in [1.54, 1.807) is 102 Å². The van der Waals surface area contributed by atoms with E-state index in [1.807, 2.05) is 0 Å². The van der Waals surface area contributed by atoms with Crippen LogP contribution in [-0.4, -0.2) is 0 Å². The van der Waals surface area contributed by atoms with Gasteiger partial charge in [0.15, 0.2) is 0 Å². The van der Waals surface area contributed by atoms with E-state index in [0.717, 1.165) is 112 Å². The zero-order valence-corrected chi connectivity index (χ0v) is 54.1. The number of hydrogen-bond donors (Lipinski definition) is 0. The summed E-state index contributed by atoms with van der Waals surface area (Å²) in [5.41, 5.74) is 1.59. The van der Waals surface area contributed by atoms with Crippen molar-refractivity contribution in [1.29, 1.82) is 0 Å². The lowest BCUT2D eigenvalue weighted by molar-refractivity contribution is 0.111. The maximum absolute atomic E-state index is 2.44. The maximum Gasteiger partial charge on any atom is -0.0202 e. The minimum Gasteiger partial charge on any atom is -0.0883 e. The Kier molecular flexibility index (Phi) is 31.2. The molecule has 446 valence electrons. The van der Waals surface area contributed by atoms with Gasteiger partial charge in [-0.25, -0.2) is 0 Å². The summed E-state index contributed by atoms with van der Waals surface area (Å²) in [6.45, 7) is 23.7. The first-order chi connectivity index (χ1) is 37.3. The van der Waals surface area contributed by atoms with E-state index in [1.165, 1.54) is 173 Å². The minimum atomic E-state index is 0.935. The van der Waals surface area contributed by atoms with Crippen LogP contribution in [0.25, 0.3) is 0 Å². The highest BCUT2D eigenvalue weighted by molar-refractivity contribution is 5.09. The molecule has 8 bridgehead atoms. The molecule has 0 spiro atoms. The molecule has 0 heteroatoms. The van der Waals surface area contributed by atoms with Gasteiger partial charge in [0.25, 0.3) is 0 Å². The van der Waals surface area contributed by atoms with Gasteiger partial charge in [-0.05, 0) is 235 Å². The molecule has 13 unspecified atom stereocenters. The first kappa shape index (κ1) is 65.4. The maximum atomic E-state index is 2.44. The fourth-order valence-electron chi connectivity index (χ4n) is 18.6. The number of allylic oxidation sites excluding steroid dienone is 6. The Labute approximate surface area is 484 Å². The molecule has 13 atom stereocenters. The fourth-order valence-corrected chi connectivity index (χ4v) is 18.6. The lowest BCUT2D eigenvalue weighted by Gasteiger charge is -2.40. The van der Waals surface area contributed by atoms with Crippen LogP contribution in [0.1, 0.15) is 339 Å². The third-order valence-electron chi connectivity index (χ3n) is 24.3. The van der Waals surface area contributed by atoms with Gasteiger partial charge in [0.05, 0.1) is 0 Å². The molecule has 0 aromatic carbocycles. The van der Waals surface area contributed by atoms with E-state index in [-0.39, 0.29) is 0 Å². The van der Waals surface area contributed by atoms with Gasteiger partial charge in [0, 0.05) is 0 Å². The zero-order chi connectivity index (χ0) is 54.8. The fraction of sp³-hybridized carbons (Fsp3) is 0.922. The molecular weight excluding hydrogens is 925 g/mol. The van der Waals surface area contributed by atoms with Gasteiger partial charge in [-0.3, -0.25) is 0 Å². The molecule has 16 aliphatic rings. The molecule has 0 nitrogen and oxygen atoms in total. The first-order valence-electron chi connectivity index (χ1n) is 36.3. The average Bonchev–Trinajstić information content (AvgIpc) is 4.32. The van der Waals surface area contributed by atoms with E-state index in [9.17, 15) is 0 Å². The van der Waals surface area contributed by atoms with Crippen molar-refractivity contribution in [3.05, 3.63) is 36.0 Å². The van der Waals surface area contributed by atoms with Crippen molar-refractivity contribution >= 4 is 0 Å². The van der Waals surface area contributed by atoms with Crippen LogP contribution < -0.4 is 0 Å². The summed E-state index contributed by atoms with van der Waals surface area (Å²) in [7, 11) is 0. The zero-order valence-electron chi connectivity index (χ0n) is 54.1. The van der Waals surface area contributed by atoms with Crippen LogP contribution in [0.4, 0.5) is 0 Å². The SMILES string of the molecule is CC1=CCCCC1.CC1CC2C=CC1C2.CC1CC2CCC1C2.CC1CC2CCC1CC2.CC1CC2CCCC1C2.CC1CC=CC1.CC1CCC2CCCC12.CC1CCCC1.CC1CCCCC1.CC1CCCCCC1. The van der Waals surface area contributed by atoms with Gasteiger partial charge in [-0.2, -0.15) is 0 Å². The highest BCUT2D eigenvalue weighted by atomic mass is 14.4. The summed E-state index contributed by atoms with van der Waals surface area (Å²) >= 11 is 0. The highest BCUT2D eigenvalue weighted by Crippen LogP contribution is 2.49. The Morgan fingerprint density at radius 3 is 1.13 bits per heavy atom. The molecular formula is C77H138. The van der Waals surface area contributed by atoms with Gasteiger partial charge in [0.2, 0.25) is 0 Å². The van der Waals surface area contributed by atoms with E-state index in [0.29, 0.717) is 0 Å². The molecule has 0 N–H and O–H groups in total. The smallest absolute Gasteiger partial charge is 0.0202 e. The van der Waals surface area contributed by atoms with Crippen molar-refractivity contribution < 1.29 is 0 Å². The topological polar surface area (TPSA) is 0 Å². The molecule has 13 saturated carbocycles. The summed E-state index contributed by atoms with van der Waals surface area (Å²) in [5.74, 6) is 20.3. The number of fused-ring (bicyclic) bond motifs is 10. The third kappa shape index (κ3) is 24.9. The molecule has 13 fully saturated rings. The Balaban J connectivity index is 0.000000139. The summed E-state index contributed by atoms with van der Waals surface area (Å²) in [6, 6.07) is 0. The minimum absolute atomic E-state index is 0.935. The van der Waals surface area contributed by atoms with Crippen molar-refractivity contribution in [3.63, 3.8) is 0 Å². The second-order valence-electron chi connectivity index (χ2n) is 31.4. The predicted octanol–water partition coefficient (Wildman–Crippen LogP) is 25.4. The molecule has 16 rings (SSSR count). The van der Waals surface area contributed by atoms with E-state index in [2.05, 4.69) is 99.6 Å². The van der Waals surface area contributed by atoms with Gasteiger partial charge in [-0.1, -0.05) is 252 Å². The largest absolute Gasteiger partial charge is 0.0883 e. The molecule has 16 aliphatic carbocycles. The normalized spacial score (nSPS) is 38.8. The Hall–Kier alpha value is -0.780. The highest BCUT2D eigenvalue weighted by Gasteiger charge is 2.38. The molecule has 0 aromatic rings. The van der Waals surface area contributed by atoms with Gasteiger partial charge in [0.1, 0.15) is 0 Å². The van der Waals surface area contributed by atoms with Crippen molar-refractivity contribution in [2.75, 3.05) is 0 Å². The van der Waals surface area contributed by atoms with E-state index in [4.69, 9.17) is 0 Å². The lowest BCUT2D eigenvalue weighted by Crippen LogP contribution is -2.29. The Morgan fingerprint density at radius 1 is 0.312 bits per heavy atom. The second kappa shape index (κ2) is 36.7. The van der Waals surface area contributed by atoms with Crippen molar-refractivity contribution in [3.8, 4) is 0 Å². The average molecular weight is 1060 g/mol. The molecule has 0 heterocycles. The van der Waals surface area contributed by atoms with Gasteiger partial charge >= 0.3 is 0 Å². The summed E-state index contributed by atoms with van der Waals surface area (Å²) in [6.07, 6.45) is 74.4. The van der Waals surface area contributed by atoms with Crippen LogP contribution in [-0.2, 0) is 0 Å². The summed E-state index contributed by atoms with van der Waals surface area (Å²) in [4.78, 5) is 0. The number of rotatable bonds is 0. The third-order valence-corrected chi connectivity index (χ3v) is 24.3. The van der Waals surface area contributed by atoms with Crippen molar-refractivity contribution in [1.82, 2.24) is 0 Å². The molecule has 0 radical (unpaired) electrons. The van der Waals surface area contributed by atoms with Gasteiger partial charge in [-0.15, -0.1) is 0 Å². The summed E-state index contributed by atoms with van der Waals surface area (Å²) < 4.78 is 0. The molecule has 0 aliphatic heterocycles. The van der Waals surface area contributed by atoms with Crippen LogP contribution in [0.2, 0.25) is 0 Å². The summed E-state index contributed by atoms with van der Waals surface area (Å²) in [5, 5.41) is 0. The quantitative estimate of drug-likeness (QED) is 0.168. The molecule has 0 amide bonds. The predicted molar refractivity (Wildman–Crippen MR) is 343 cm³/mol. The van der Waals surface area contributed by atoms with E-state index >= 15 is 0 Å². The molecule has 0 aromatic heterocycles. The van der Waals surface area contributed by atoms with Crippen LogP contribution >= 0.6 is 0 Å². The Bertz CT molecular complexity index is 1530. The Morgan fingerprint density at radius 2 is 0.792 bits per heavy atom. The van der Waals surface area contributed by atoms with Gasteiger partial charge < -0.3 is 0 Å². The van der Waals surface area contributed by atoms with Crippen molar-refractivity contribution in [2.45, 2.75) is 339 Å². The van der Waals surface area contributed by atoms with Crippen LogP contribution in [0.5, 0.6) is 0 Å². The van der Waals surface area contributed by atoms with Crippen LogP contribution in [0, 0.1) is 112 Å².